The summed E-state index contributed by atoms with van der Waals surface area (Å²) in [6.45, 7) is 3.99. The van der Waals surface area contributed by atoms with Crippen LogP contribution in [0.2, 0.25) is 0 Å². The molecule has 4 rings (SSSR count). The van der Waals surface area contributed by atoms with Crippen molar-refractivity contribution in [3.63, 3.8) is 0 Å². The van der Waals surface area contributed by atoms with E-state index in [1.165, 1.54) is 0 Å². The molecule has 0 aliphatic carbocycles. The van der Waals surface area contributed by atoms with Crippen LogP contribution < -0.4 is 4.90 Å². The van der Waals surface area contributed by atoms with Crippen molar-refractivity contribution in [3.8, 4) is 0 Å². The van der Waals surface area contributed by atoms with Crippen LogP contribution in [0.25, 0.3) is 0 Å². The summed E-state index contributed by atoms with van der Waals surface area (Å²) in [6, 6.07) is 15.7. The standard InChI is InChI=1S/C20H23N3O3.C2HF3O2/c24-19-13-26-20(15-23(19)18-7-2-1-3-8-18)14-22(10-11-25-16-20)12-17-6-4-5-9-21-17;3-2(4,5)1(6)7/h1-9H,10-16H2;(H,6,7). The van der Waals surface area contributed by atoms with E-state index in [4.69, 9.17) is 19.4 Å². The molecular formula is C22H24F3N3O5. The van der Waals surface area contributed by atoms with Crippen LogP contribution in [0.3, 0.4) is 0 Å². The fraction of sp³-hybridized carbons (Fsp3) is 0.409. The van der Waals surface area contributed by atoms with Gasteiger partial charge in [0.2, 0.25) is 0 Å². The molecule has 0 saturated carbocycles. The SMILES string of the molecule is O=C(O)C(F)(F)F.O=C1COC2(COCCN(Cc3ccccn3)C2)CN1c1ccccc1. The van der Waals surface area contributed by atoms with Crippen molar-refractivity contribution in [1.82, 2.24) is 9.88 Å². The molecule has 1 spiro atoms. The Bertz CT molecular complexity index is 930. The van der Waals surface area contributed by atoms with Crippen LogP contribution in [0.5, 0.6) is 0 Å². The number of rotatable bonds is 3. The third-order valence-corrected chi connectivity index (χ3v) is 5.10. The maximum Gasteiger partial charge on any atom is 0.490 e. The van der Waals surface area contributed by atoms with Gasteiger partial charge in [0.25, 0.3) is 5.91 Å². The molecule has 2 aromatic rings. The molecule has 2 aliphatic heterocycles. The topological polar surface area (TPSA) is 92.2 Å². The van der Waals surface area contributed by atoms with E-state index in [2.05, 4.69) is 9.88 Å². The number of aliphatic carboxylic acids is 1. The van der Waals surface area contributed by atoms with Gasteiger partial charge in [-0.15, -0.1) is 0 Å². The summed E-state index contributed by atoms with van der Waals surface area (Å²) in [4.78, 5) is 29.9. The van der Waals surface area contributed by atoms with E-state index in [1.807, 2.05) is 59.6 Å². The number of halogens is 3. The summed E-state index contributed by atoms with van der Waals surface area (Å²) in [5, 5.41) is 7.12. The second-order valence-corrected chi connectivity index (χ2v) is 7.67. The van der Waals surface area contributed by atoms with Crippen molar-refractivity contribution in [3.05, 3.63) is 60.4 Å². The van der Waals surface area contributed by atoms with Crippen LogP contribution in [0.4, 0.5) is 18.9 Å². The zero-order chi connectivity index (χ0) is 23.9. The highest BCUT2D eigenvalue weighted by Crippen LogP contribution is 2.27. The Morgan fingerprint density at radius 2 is 1.82 bits per heavy atom. The molecule has 0 radical (unpaired) electrons. The molecule has 1 atom stereocenters. The summed E-state index contributed by atoms with van der Waals surface area (Å²) in [5.74, 6) is -2.77. The Morgan fingerprint density at radius 3 is 2.45 bits per heavy atom. The fourth-order valence-electron chi connectivity index (χ4n) is 3.58. The van der Waals surface area contributed by atoms with Gasteiger partial charge in [0.1, 0.15) is 12.2 Å². The number of morpholine rings is 1. The van der Waals surface area contributed by atoms with E-state index in [9.17, 15) is 18.0 Å². The molecule has 1 aromatic heterocycles. The number of anilines is 1. The minimum Gasteiger partial charge on any atom is -0.475 e. The van der Waals surface area contributed by atoms with E-state index in [0.717, 1.165) is 24.5 Å². The van der Waals surface area contributed by atoms with E-state index >= 15 is 0 Å². The quantitative estimate of drug-likeness (QED) is 0.741. The zero-order valence-electron chi connectivity index (χ0n) is 17.7. The molecule has 8 nitrogen and oxygen atoms in total. The zero-order valence-corrected chi connectivity index (χ0v) is 17.7. The van der Waals surface area contributed by atoms with Crippen molar-refractivity contribution in [2.45, 2.75) is 18.3 Å². The number of ether oxygens (including phenoxy) is 2. The fourth-order valence-corrected chi connectivity index (χ4v) is 3.58. The average Bonchev–Trinajstić information content (AvgIpc) is 2.99. The number of carboxylic acid groups (broad SMARTS) is 1. The highest BCUT2D eigenvalue weighted by molar-refractivity contribution is 5.95. The van der Waals surface area contributed by atoms with E-state index < -0.39 is 17.7 Å². The summed E-state index contributed by atoms with van der Waals surface area (Å²) < 4.78 is 43.6. The van der Waals surface area contributed by atoms with Gasteiger partial charge in [-0.3, -0.25) is 14.7 Å². The number of benzene rings is 1. The van der Waals surface area contributed by atoms with Gasteiger partial charge in [0.05, 0.1) is 25.5 Å². The lowest BCUT2D eigenvalue weighted by molar-refractivity contribution is -0.192. The van der Waals surface area contributed by atoms with Gasteiger partial charge in [0.15, 0.2) is 0 Å². The van der Waals surface area contributed by atoms with Crippen LogP contribution in [0, 0.1) is 0 Å². The average molecular weight is 467 g/mol. The molecule has 2 saturated heterocycles. The minimum absolute atomic E-state index is 0.0117. The molecule has 1 aromatic carbocycles. The van der Waals surface area contributed by atoms with Crippen molar-refractivity contribution in [2.24, 2.45) is 0 Å². The van der Waals surface area contributed by atoms with Gasteiger partial charge in [-0.25, -0.2) is 4.79 Å². The molecule has 0 bridgehead atoms. The van der Waals surface area contributed by atoms with Crippen molar-refractivity contribution >= 4 is 17.6 Å². The van der Waals surface area contributed by atoms with Crippen LogP contribution in [-0.2, 0) is 25.6 Å². The highest BCUT2D eigenvalue weighted by atomic mass is 19.4. The first-order valence-corrected chi connectivity index (χ1v) is 10.2. The largest absolute Gasteiger partial charge is 0.490 e. The Morgan fingerprint density at radius 1 is 1.12 bits per heavy atom. The number of alkyl halides is 3. The Kier molecular flexibility index (Phi) is 8.01. The van der Waals surface area contributed by atoms with E-state index in [-0.39, 0.29) is 12.5 Å². The predicted molar refractivity (Wildman–Crippen MR) is 112 cm³/mol. The Labute approximate surface area is 188 Å². The summed E-state index contributed by atoms with van der Waals surface area (Å²) in [5.41, 5.74) is 1.41. The van der Waals surface area contributed by atoms with Gasteiger partial charge in [-0.05, 0) is 24.3 Å². The summed E-state index contributed by atoms with van der Waals surface area (Å²) >= 11 is 0. The van der Waals surface area contributed by atoms with Crippen LogP contribution in [0.1, 0.15) is 5.69 Å². The molecule has 3 heterocycles. The van der Waals surface area contributed by atoms with Crippen molar-refractivity contribution in [1.29, 1.82) is 0 Å². The van der Waals surface area contributed by atoms with Crippen molar-refractivity contribution in [2.75, 3.05) is 44.4 Å². The number of carboxylic acids is 1. The molecular weight excluding hydrogens is 443 g/mol. The third-order valence-electron chi connectivity index (χ3n) is 5.10. The summed E-state index contributed by atoms with van der Waals surface area (Å²) in [7, 11) is 0. The maximum absolute atomic E-state index is 12.4. The molecule has 2 aliphatic rings. The lowest BCUT2D eigenvalue weighted by atomic mass is 10.0. The molecule has 11 heteroatoms. The summed E-state index contributed by atoms with van der Waals surface area (Å²) in [6.07, 6.45) is -3.27. The van der Waals surface area contributed by atoms with E-state index in [0.29, 0.717) is 26.3 Å². The number of carbonyl (C=O) groups is 2. The molecule has 33 heavy (non-hydrogen) atoms. The molecule has 1 amide bonds. The third kappa shape index (κ3) is 6.98. The second kappa shape index (κ2) is 10.7. The first-order valence-electron chi connectivity index (χ1n) is 10.2. The number of amides is 1. The van der Waals surface area contributed by atoms with Crippen LogP contribution in [-0.4, -0.2) is 78.1 Å². The number of hydrogen-bond acceptors (Lipinski definition) is 6. The first kappa shape index (κ1) is 24.6. The van der Waals surface area contributed by atoms with Gasteiger partial charge in [0, 0.05) is 31.5 Å². The number of nitrogens with zero attached hydrogens (tertiary/aromatic N) is 3. The minimum atomic E-state index is -5.08. The van der Waals surface area contributed by atoms with Crippen LogP contribution >= 0.6 is 0 Å². The lowest BCUT2D eigenvalue weighted by Gasteiger charge is -2.43. The van der Waals surface area contributed by atoms with Crippen molar-refractivity contribution < 1.29 is 37.3 Å². The smallest absolute Gasteiger partial charge is 0.475 e. The second-order valence-electron chi connectivity index (χ2n) is 7.67. The number of pyridine rings is 1. The normalized spacial score (nSPS) is 21.8. The number of aromatic nitrogens is 1. The lowest BCUT2D eigenvalue weighted by Crippen LogP contribution is -2.60. The van der Waals surface area contributed by atoms with Gasteiger partial charge < -0.3 is 19.5 Å². The highest BCUT2D eigenvalue weighted by Gasteiger charge is 2.43. The number of para-hydroxylation sites is 1. The van der Waals surface area contributed by atoms with Crippen LogP contribution in [0.15, 0.2) is 54.7 Å². The number of hydrogen-bond donors (Lipinski definition) is 1. The van der Waals surface area contributed by atoms with E-state index in [1.54, 1.807) is 0 Å². The molecule has 1 N–H and O–H groups in total. The molecule has 1 unspecified atom stereocenters. The first-order chi connectivity index (χ1) is 15.7. The maximum atomic E-state index is 12.4. The van der Waals surface area contributed by atoms with Gasteiger partial charge in [-0.1, -0.05) is 24.3 Å². The van der Waals surface area contributed by atoms with Gasteiger partial charge >= 0.3 is 12.1 Å². The molecule has 2 fully saturated rings. The number of carbonyl (C=O) groups excluding carboxylic acids is 1. The Balaban J connectivity index is 0.000000383. The monoisotopic (exact) mass is 467 g/mol. The Hall–Kier alpha value is -3.02. The predicted octanol–water partition coefficient (Wildman–Crippen LogP) is 2.35. The molecule has 178 valence electrons. The van der Waals surface area contributed by atoms with Gasteiger partial charge in [-0.2, -0.15) is 13.2 Å².